The summed E-state index contributed by atoms with van der Waals surface area (Å²) in [7, 11) is 1.86. The molecule has 3 aliphatic rings. The maximum absolute atomic E-state index is 4.38. The van der Waals surface area contributed by atoms with E-state index in [9.17, 15) is 0 Å². The van der Waals surface area contributed by atoms with E-state index in [1.54, 1.807) is 0 Å². The van der Waals surface area contributed by atoms with Crippen molar-refractivity contribution in [3.63, 3.8) is 0 Å². The summed E-state index contributed by atoms with van der Waals surface area (Å²) >= 11 is 0. The van der Waals surface area contributed by atoms with Crippen molar-refractivity contribution in [2.75, 3.05) is 13.6 Å². The number of fused-ring (bicyclic) bond motifs is 1. The minimum absolute atomic E-state index is 0.666. The fourth-order valence-corrected chi connectivity index (χ4v) is 3.12. The van der Waals surface area contributed by atoms with Gasteiger partial charge in [-0.05, 0) is 31.3 Å². The highest BCUT2D eigenvalue weighted by molar-refractivity contribution is 5.95. The topological polar surface area (TPSA) is 39.7 Å². The highest BCUT2D eigenvalue weighted by Crippen LogP contribution is 2.39. The highest BCUT2D eigenvalue weighted by Gasteiger charge is 2.33. The molecule has 3 rings (SSSR count). The Balaban J connectivity index is 1.86. The van der Waals surface area contributed by atoms with Crippen molar-refractivity contribution in [1.82, 2.24) is 15.8 Å². The summed E-state index contributed by atoms with van der Waals surface area (Å²) in [6.45, 7) is 3.17. The van der Waals surface area contributed by atoms with Crippen molar-refractivity contribution in [2.24, 2.45) is 16.8 Å². The molecule has 4 nitrogen and oxygen atoms in total. The summed E-state index contributed by atoms with van der Waals surface area (Å²) in [4.78, 5) is 4.38. The van der Waals surface area contributed by atoms with Gasteiger partial charge in [0.05, 0.1) is 0 Å². The number of hydrazine groups is 1. The minimum Gasteiger partial charge on any atom is -0.344 e. The van der Waals surface area contributed by atoms with Gasteiger partial charge in [0.1, 0.15) is 11.7 Å². The van der Waals surface area contributed by atoms with Gasteiger partial charge in [0, 0.05) is 31.3 Å². The molecule has 0 amide bonds. The highest BCUT2D eigenvalue weighted by atomic mass is 15.6. The second kappa shape index (κ2) is 4.76. The van der Waals surface area contributed by atoms with Gasteiger partial charge in [0.15, 0.2) is 0 Å². The van der Waals surface area contributed by atoms with E-state index in [0.717, 1.165) is 24.1 Å². The number of nitrogens with one attached hydrogen (secondary N) is 2. The molecule has 2 heterocycles. The van der Waals surface area contributed by atoms with Crippen molar-refractivity contribution in [3.8, 4) is 0 Å². The Morgan fingerprint density at radius 3 is 2.94 bits per heavy atom. The molecule has 0 bridgehead atoms. The molecule has 1 saturated carbocycles. The van der Waals surface area contributed by atoms with Gasteiger partial charge >= 0.3 is 0 Å². The minimum atomic E-state index is 0.666. The van der Waals surface area contributed by atoms with Gasteiger partial charge in [-0.3, -0.25) is 4.99 Å². The van der Waals surface area contributed by atoms with Crippen LogP contribution in [0.1, 0.15) is 32.6 Å². The van der Waals surface area contributed by atoms with Gasteiger partial charge in [0.2, 0.25) is 0 Å². The van der Waals surface area contributed by atoms with Crippen LogP contribution in [0.4, 0.5) is 0 Å². The van der Waals surface area contributed by atoms with Gasteiger partial charge < -0.3 is 5.32 Å². The fraction of sp³-hybridized carbons (Fsp3) is 0.643. The summed E-state index contributed by atoms with van der Waals surface area (Å²) in [5.74, 6) is 3.70. The van der Waals surface area contributed by atoms with Crippen LogP contribution in [0.2, 0.25) is 0 Å². The van der Waals surface area contributed by atoms with E-state index >= 15 is 0 Å². The molecule has 1 unspecified atom stereocenters. The van der Waals surface area contributed by atoms with Gasteiger partial charge in [0.25, 0.3) is 0 Å². The van der Waals surface area contributed by atoms with Crippen LogP contribution < -0.4 is 10.7 Å². The van der Waals surface area contributed by atoms with Gasteiger partial charge in [-0.15, -0.1) is 0 Å². The molecule has 0 aromatic rings. The molecule has 1 fully saturated rings. The van der Waals surface area contributed by atoms with Crippen LogP contribution in [0.3, 0.4) is 0 Å². The van der Waals surface area contributed by atoms with Crippen LogP contribution in [-0.4, -0.2) is 24.4 Å². The monoisotopic (exact) mass is 246 g/mol. The third-order valence-electron chi connectivity index (χ3n) is 4.36. The molecular formula is C14H22N4. The predicted octanol–water partition coefficient (Wildman–Crippen LogP) is 1.99. The number of amidine groups is 1. The second-order valence-electron chi connectivity index (χ2n) is 5.30. The SMILES string of the molecule is CCC(C1=CC(=NC)N2NCC=C2N1)C1CCC1. The predicted molar refractivity (Wildman–Crippen MR) is 73.6 cm³/mol. The second-order valence-corrected chi connectivity index (χ2v) is 5.30. The summed E-state index contributed by atoms with van der Waals surface area (Å²) in [6, 6.07) is 0. The maximum atomic E-state index is 4.38. The van der Waals surface area contributed by atoms with Crippen LogP contribution >= 0.6 is 0 Å². The average molecular weight is 246 g/mol. The standard InChI is InChI=1S/C14H22N4/c1-3-11(10-5-4-6-10)12-9-14(15-2)18-13(17-12)7-8-16-18/h7,9-11,16-17H,3-6,8H2,1-2H3. The molecule has 0 aromatic heterocycles. The molecule has 1 aliphatic carbocycles. The Morgan fingerprint density at radius 2 is 2.33 bits per heavy atom. The van der Waals surface area contributed by atoms with Crippen LogP contribution in [0.15, 0.2) is 28.7 Å². The largest absolute Gasteiger partial charge is 0.344 e. The lowest BCUT2D eigenvalue weighted by Crippen LogP contribution is -2.46. The molecule has 2 N–H and O–H groups in total. The Morgan fingerprint density at radius 1 is 1.50 bits per heavy atom. The zero-order chi connectivity index (χ0) is 12.5. The van der Waals surface area contributed by atoms with E-state index < -0.39 is 0 Å². The van der Waals surface area contributed by atoms with E-state index in [1.165, 1.54) is 31.4 Å². The van der Waals surface area contributed by atoms with Gasteiger partial charge in [-0.2, -0.15) is 0 Å². The number of allylic oxidation sites excluding steroid dienone is 1. The van der Waals surface area contributed by atoms with Crippen LogP contribution in [0, 0.1) is 11.8 Å². The summed E-state index contributed by atoms with van der Waals surface area (Å²) in [6.07, 6.45) is 9.78. The Labute approximate surface area is 109 Å². The smallest absolute Gasteiger partial charge is 0.145 e. The Hall–Kier alpha value is -1.29. The summed E-state index contributed by atoms with van der Waals surface area (Å²) in [5.41, 5.74) is 4.65. The number of hydrogen-bond acceptors (Lipinski definition) is 3. The first kappa shape index (κ1) is 11.8. The maximum Gasteiger partial charge on any atom is 0.145 e. The molecule has 4 heteroatoms. The van der Waals surface area contributed by atoms with Crippen LogP contribution in [0.5, 0.6) is 0 Å². The lowest BCUT2D eigenvalue weighted by molar-refractivity contribution is 0.219. The molecule has 0 radical (unpaired) electrons. The van der Waals surface area contributed by atoms with Crippen LogP contribution in [-0.2, 0) is 0 Å². The van der Waals surface area contributed by atoms with E-state index in [-0.39, 0.29) is 0 Å². The van der Waals surface area contributed by atoms with Crippen molar-refractivity contribution < 1.29 is 0 Å². The van der Waals surface area contributed by atoms with E-state index in [4.69, 9.17) is 0 Å². The number of nitrogens with zero attached hydrogens (tertiary/aromatic N) is 2. The molecule has 0 saturated heterocycles. The normalized spacial score (nSPS) is 27.2. The molecule has 98 valence electrons. The van der Waals surface area contributed by atoms with E-state index in [0.29, 0.717) is 5.92 Å². The lowest BCUT2D eigenvalue weighted by Gasteiger charge is -2.38. The lowest BCUT2D eigenvalue weighted by atomic mass is 9.73. The molecule has 0 aromatic carbocycles. The third kappa shape index (κ3) is 1.85. The first-order valence-electron chi connectivity index (χ1n) is 7.02. The Kier molecular flexibility index (Phi) is 3.12. The van der Waals surface area contributed by atoms with E-state index in [2.05, 4.69) is 34.8 Å². The van der Waals surface area contributed by atoms with E-state index in [1.807, 2.05) is 12.1 Å². The van der Waals surface area contributed by atoms with Gasteiger partial charge in [-0.1, -0.05) is 13.3 Å². The molecule has 18 heavy (non-hydrogen) atoms. The van der Waals surface area contributed by atoms with Crippen molar-refractivity contribution >= 4 is 5.84 Å². The summed E-state index contributed by atoms with van der Waals surface area (Å²) in [5, 5.41) is 5.62. The number of rotatable bonds is 3. The molecule has 2 aliphatic heterocycles. The van der Waals surface area contributed by atoms with Crippen molar-refractivity contribution in [3.05, 3.63) is 23.7 Å². The van der Waals surface area contributed by atoms with Gasteiger partial charge in [-0.25, -0.2) is 10.4 Å². The zero-order valence-electron chi connectivity index (χ0n) is 11.2. The molecule has 1 atom stereocenters. The van der Waals surface area contributed by atoms with Crippen molar-refractivity contribution in [2.45, 2.75) is 32.6 Å². The molecular weight excluding hydrogens is 224 g/mol. The zero-order valence-corrected chi connectivity index (χ0v) is 11.2. The quantitative estimate of drug-likeness (QED) is 0.800. The summed E-state index contributed by atoms with van der Waals surface area (Å²) < 4.78 is 0. The molecule has 0 spiro atoms. The number of aliphatic imine (C=N–C) groups is 1. The fourth-order valence-electron chi connectivity index (χ4n) is 3.12. The first-order valence-corrected chi connectivity index (χ1v) is 7.02. The van der Waals surface area contributed by atoms with Crippen LogP contribution in [0.25, 0.3) is 0 Å². The third-order valence-corrected chi connectivity index (χ3v) is 4.36. The average Bonchev–Trinajstić information content (AvgIpc) is 2.80. The first-order chi connectivity index (χ1) is 8.83. The Bertz CT molecular complexity index is 418. The van der Waals surface area contributed by atoms with Crippen molar-refractivity contribution in [1.29, 1.82) is 0 Å². The number of hydrogen-bond donors (Lipinski definition) is 2.